The van der Waals surface area contributed by atoms with E-state index >= 15 is 0 Å². The van der Waals surface area contributed by atoms with Gasteiger partial charge in [-0.15, -0.1) is 0 Å². The summed E-state index contributed by atoms with van der Waals surface area (Å²) >= 11 is 0. The molecule has 3 aromatic rings. The highest BCUT2D eigenvalue weighted by molar-refractivity contribution is 6.02. The molecule has 6 heteroatoms. The van der Waals surface area contributed by atoms with E-state index < -0.39 is 0 Å². The van der Waals surface area contributed by atoms with Gasteiger partial charge in [0.2, 0.25) is 11.8 Å². The number of hydrogen-bond donors (Lipinski definition) is 2. The van der Waals surface area contributed by atoms with Crippen LogP contribution >= 0.6 is 0 Å². The van der Waals surface area contributed by atoms with Gasteiger partial charge in [-0.1, -0.05) is 49.6 Å². The molecule has 29 heavy (non-hydrogen) atoms. The summed E-state index contributed by atoms with van der Waals surface area (Å²) in [4.78, 5) is 26.8. The van der Waals surface area contributed by atoms with E-state index in [0.717, 1.165) is 47.8 Å². The number of aromatic amines is 1. The third-order valence-corrected chi connectivity index (χ3v) is 5.57. The topological polar surface area (TPSA) is 78.1 Å². The fourth-order valence-corrected chi connectivity index (χ4v) is 4.19. The molecular formula is C23H26N4O2. The van der Waals surface area contributed by atoms with Gasteiger partial charge in [-0.25, -0.2) is 0 Å². The molecule has 1 aromatic heterocycles. The van der Waals surface area contributed by atoms with E-state index in [1.807, 2.05) is 53.4 Å². The molecule has 4 rings (SSSR count). The summed E-state index contributed by atoms with van der Waals surface area (Å²) in [6, 6.07) is 15.7. The van der Waals surface area contributed by atoms with Gasteiger partial charge in [0.1, 0.15) is 0 Å². The van der Waals surface area contributed by atoms with Crippen LogP contribution in [0.5, 0.6) is 0 Å². The van der Waals surface area contributed by atoms with Crippen molar-refractivity contribution in [1.82, 2.24) is 10.2 Å². The molecule has 6 nitrogen and oxygen atoms in total. The number of benzene rings is 2. The second kappa shape index (κ2) is 8.47. The van der Waals surface area contributed by atoms with E-state index in [0.29, 0.717) is 5.82 Å². The van der Waals surface area contributed by atoms with Crippen LogP contribution in [0.25, 0.3) is 10.9 Å². The first-order valence-electron chi connectivity index (χ1n) is 10.2. The smallest absolute Gasteiger partial charge is 0.230 e. The Hall–Kier alpha value is -3.15. The molecule has 1 heterocycles. The SMILES string of the molecule is CC(=O)N(c1ccc2[nH]nc(NC(=O)Cc3ccccc3)c2c1)C1CCCCC1. The van der Waals surface area contributed by atoms with Crippen LogP contribution in [0.2, 0.25) is 0 Å². The Kier molecular flexibility index (Phi) is 5.60. The quantitative estimate of drug-likeness (QED) is 0.676. The lowest BCUT2D eigenvalue weighted by atomic mass is 9.93. The number of nitrogens with zero attached hydrogens (tertiary/aromatic N) is 2. The van der Waals surface area contributed by atoms with E-state index in [1.54, 1.807) is 6.92 Å². The maximum atomic E-state index is 12.5. The largest absolute Gasteiger partial charge is 0.310 e. The second-order valence-electron chi connectivity index (χ2n) is 7.69. The van der Waals surface area contributed by atoms with Crippen LogP contribution in [-0.4, -0.2) is 28.1 Å². The van der Waals surface area contributed by atoms with Gasteiger partial charge in [-0.05, 0) is 36.6 Å². The van der Waals surface area contributed by atoms with Gasteiger partial charge >= 0.3 is 0 Å². The minimum atomic E-state index is -0.120. The van der Waals surface area contributed by atoms with Crippen molar-refractivity contribution >= 4 is 34.2 Å². The molecule has 1 fully saturated rings. The lowest BCUT2D eigenvalue weighted by Gasteiger charge is -2.33. The number of carbonyl (C=O) groups is 2. The fourth-order valence-electron chi connectivity index (χ4n) is 4.19. The molecule has 1 saturated carbocycles. The Labute approximate surface area is 170 Å². The summed E-state index contributed by atoms with van der Waals surface area (Å²) in [6.45, 7) is 1.62. The van der Waals surface area contributed by atoms with Crippen LogP contribution in [0, 0.1) is 0 Å². The molecule has 0 radical (unpaired) electrons. The van der Waals surface area contributed by atoms with E-state index in [4.69, 9.17) is 0 Å². The van der Waals surface area contributed by atoms with Crippen molar-refractivity contribution in [3.05, 3.63) is 54.1 Å². The minimum absolute atomic E-state index is 0.0504. The van der Waals surface area contributed by atoms with Crippen LogP contribution in [0.1, 0.15) is 44.6 Å². The predicted molar refractivity (Wildman–Crippen MR) is 115 cm³/mol. The van der Waals surface area contributed by atoms with Gasteiger partial charge in [0, 0.05) is 24.0 Å². The molecule has 0 aliphatic heterocycles. The number of nitrogens with one attached hydrogen (secondary N) is 2. The van der Waals surface area contributed by atoms with Crippen molar-refractivity contribution in [3.63, 3.8) is 0 Å². The van der Waals surface area contributed by atoms with Crippen molar-refractivity contribution in [1.29, 1.82) is 0 Å². The van der Waals surface area contributed by atoms with Gasteiger partial charge in [0.25, 0.3) is 0 Å². The molecule has 2 N–H and O–H groups in total. The Morgan fingerprint density at radius 1 is 1.10 bits per heavy atom. The number of amides is 2. The third kappa shape index (κ3) is 4.31. The molecule has 2 amide bonds. The predicted octanol–water partition coefficient (Wildman–Crippen LogP) is 4.43. The summed E-state index contributed by atoms with van der Waals surface area (Å²) < 4.78 is 0. The summed E-state index contributed by atoms with van der Waals surface area (Å²) in [5.74, 6) is 0.426. The standard InChI is InChI=1S/C23H26N4O2/c1-16(28)27(18-10-6-3-7-11-18)19-12-13-21-20(15-19)23(26-25-21)24-22(29)14-17-8-4-2-5-9-17/h2,4-5,8-9,12-13,15,18H,3,6-7,10-11,14H2,1H3,(H2,24,25,26,29). The van der Waals surface area contributed by atoms with Gasteiger partial charge < -0.3 is 10.2 Å². The zero-order valence-corrected chi connectivity index (χ0v) is 16.6. The summed E-state index contributed by atoms with van der Waals surface area (Å²) in [5, 5.41) is 11.0. The number of hydrogen-bond acceptors (Lipinski definition) is 3. The van der Waals surface area contributed by atoms with Crippen molar-refractivity contribution in [2.45, 2.75) is 51.5 Å². The number of rotatable bonds is 5. The summed E-state index contributed by atoms with van der Waals surface area (Å²) in [5.41, 5.74) is 2.64. The van der Waals surface area contributed by atoms with Crippen LogP contribution in [0.15, 0.2) is 48.5 Å². The zero-order valence-electron chi connectivity index (χ0n) is 16.6. The Balaban J connectivity index is 1.58. The van der Waals surface area contributed by atoms with Crippen LogP contribution in [0.4, 0.5) is 11.5 Å². The molecule has 0 spiro atoms. The molecule has 0 atom stereocenters. The highest BCUT2D eigenvalue weighted by Crippen LogP contribution is 2.31. The van der Waals surface area contributed by atoms with Crippen molar-refractivity contribution in [2.24, 2.45) is 0 Å². The Morgan fingerprint density at radius 2 is 1.86 bits per heavy atom. The summed E-state index contributed by atoms with van der Waals surface area (Å²) in [7, 11) is 0. The molecule has 1 aliphatic rings. The highest BCUT2D eigenvalue weighted by Gasteiger charge is 2.25. The Bertz CT molecular complexity index is 1010. The molecule has 0 bridgehead atoms. The third-order valence-electron chi connectivity index (χ3n) is 5.57. The van der Waals surface area contributed by atoms with E-state index in [9.17, 15) is 9.59 Å². The number of carbonyl (C=O) groups excluding carboxylic acids is 2. The van der Waals surface area contributed by atoms with Gasteiger partial charge in [0.05, 0.1) is 11.9 Å². The monoisotopic (exact) mass is 390 g/mol. The van der Waals surface area contributed by atoms with Gasteiger partial charge in [0.15, 0.2) is 5.82 Å². The zero-order chi connectivity index (χ0) is 20.2. The molecule has 1 aliphatic carbocycles. The highest BCUT2D eigenvalue weighted by atomic mass is 16.2. The van der Waals surface area contributed by atoms with Gasteiger partial charge in [-0.3, -0.25) is 14.7 Å². The molecule has 2 aromatic carbocycles. The molecule has 0 saturated heterocycles. The maximum absolute atomic E-state index is 12.5. The van der Waals surface area contributed by atoms with Gasteiger partial charge in [-0.2, -0.15) is 5.10 Å². The molecule has 0 unspecified atom stereocenters. The average molecular weight is 390 g/mol. The van der Waals surface area contributed by atoms with E-state index in [-0.39, 0.29) is 24.3 Å². The lowest BCUT2D eigenvalue weighted by Crippen LogP contribution is -2.40. The summed E-state index contributed by atoms with van der Waals surface area (Å²) in [6.07, 6.45) is 5.90. The molecular weight excluding hydrogens is 364 g/mol. The molecule has 150 valence electrons. The first-order chi connectivity index (χ1) is 14.1. The normalized spacial score (nSPS) is 14.7. The van der Waals surface area contributed by atoms with Crippen molar-refractivity contribution in [3.8, 4) is 0 Å². The van der Waals surface area contributed by atoms with Crippen LogP contribution < -0.4 is 10.2 Å². The van der Waals surface area contributed by atoms with Crippen molar-refractivity contribution < 1.29 is 9.59 Å². The number of anilines is 2. The van der Waals surface area contributed by atoms with Crippen LogP contribution in [-0.2, 0) is 16.0 Å². The number of fused-ring (bicyclic) bond motifs is 1. The Morgan fingerprint density at radius 3 is 2.59 bits per heavy atom. The average Bonchev–Trinajstić information content (AvgIpc) is 3.11. The van der Waals surface area contributed by atoms with E-state index in [2.05, 4.69) is 15.5 Å². The van der Waals surface area contributed by atoms with Crippen LogP contribution in [0.3, 0.4) is 0 Å². The number of aromatic nitrogens is 2. The lowest BCUT2D eigenvalue weighted by molar-refractivity contribution is -0.117. The second-order valence-corrected chi connectivity index (χ2v) is 7.69. The minimum Gasteiger partial charge on any atom is -0.310 e. The number of H-pyrrole nitrogens is 1. The maximum Gasteiger partial charge on any atom is 0.230 e. The fraction of sp³-hybridized carbons (Fsp3) is 0.348. The van der Waals surface area contributed by atoms with E-state index in [1.165, 1.54) is 6.42 Å². The van der Waals surface area contributed by atoms with Crippen molar-refractivity contribution in [2.75, 3.05) is 10.2 Å². The first kappa shape index (κ1) is 19.2. The first-order valence-corrected chi connectivity index (χ1v) is 10.2.